The highest BCUT2D eigenvalue weighted by atomic mass is 16.5. The molecule has 12 heavy (non-hydrogen) atoms. The average molecular weight is 161 g/mol. The van der Waals surface area contributed by atoms with Crippen molar-refractivity contribution in [3.63, 3.8) is 0 Å². The largest absolute Gasteiger partial charge is 0.540 e. The fourth-order valence-corrected chi connectivity index (χ4v) is 1.62. The lowest BCUT2D eigenvalue weighted by Crippen LogP contribution is -2.32. The zero-order chi connectivity index (χ0) is 8.72. The van der Waals surface area contributed by atoms with Crippen molar-refractivity contribution in [3.05, 3.63) is 23.8 Å². The number of anilines is 1. The molecule has 0 bridgehead atoms. The van der Waals surface area contributed by atoms with Crippen LogP contribution >= 0.6 is 0 Å². The van der Waals surface area contributed by atoms with E-state index in [-0.39, 0.29) is 7.05 Å². The predicted molar refractivity (Wildman–Crippen MR) is 51.8 cm³/mol. The normalized spacial score (nSPS) is 14.6. The van der Waals surface area contributed by atoms with Crippen LogP contribution in [0.3, 0.4) is 0 Å². The number of fused-ring (bicyclic) bond motifs is 1. The minimum Gasteiger partial charge on any atom is -0.540 e. The number of aryl methyl sites for hydroxylation is 1. The van der Waals surface area contributed by atoms with Gasteiger partial charge in [0.15, 0.2) is 0 Å². The molecule has 2 rings (SSSR count). The van der Waals surface area contributed by atoms with Crippen molar-refractivity contribution < 1.29 is 4.65 Å². The number of benzene rings is 1. The molecule has 3 heteroatoms. The van der Waals surface area contributed by atoms with Crippen LogP contribution in [0, 0.1) is 6.92 Å². The molecule has 0 aliphatic carbocycles. The van der Waals surface area contributed by atoms with Crippen molar-refractivity contribution in [2.24, 2.45) is 0 Å². The Kier molecular flexibility index (Phi) is 1.53. The summed E-state index contributed by atoms with van der Waals surface area (Å²) in [5, 5.41) is 0. The zero-order valence-corrected chi connectivity index (χ0v) is 7.66. The summed E-state index contributed by atoms with van der Waals surface area (Å²) in [6.45, 7) is 4.16. The van der Waals surface area contributed by atoms with E-state index < -0.39 is 0 Å². The molecule has 0 fully saturated rings. The number of nitrogens with zero attached hydrogens (tertiary/aromatic N) is 1. The molecule has 1 aromatic carbocycles. The molecule has 0 atom stereocenters. The van der Waals surface area contributed by atoms with E-state index in [2.05, 4.69) is 31.7 Å². The predicted octanol–water partition coefficient (Wildman–Crippen LogP) is 1.94. The van der Waals surface area contributed by atoms with Crippen molar-refractivity contribution >= 4 is 12.7 Å². The van der Waals surface area contributed by atoms with E-state index in [9.17, 15) is 0 Å². The second kappa shape index (κ2) is 2.44. The first-order valence-corrected chi connectivity index (χ1v) is 4.19. The lowest BCUT2D eigenvalue weighted by atomic mass is 9.86. The monoisotopic (exact) mass is 161 g/mol. The van der Waals surface area contributed by atoms with Gasteiger partial charge in [-0.25, -0.2) is 0 Å². The van der Waals surface area contributed by atoms with Gasteiger partial charge in [-0.15, -0.1) is 0 Å². The highest BCUT2D eigenvalue weighted by molar-refractivity contribution is 6.57. The van der Waals surface area contributed by atoms with Crippen LogP contribution in [0.1, 0.15) is 5.56 Å². The van der Waals surface area contributed by atoms with Crippen LogP contribution in [-0.4, -0.2) is 14.1 Å². The van der Waals surface area contributed by atoms with Gasteiger partial charge in [0, 0.05) is 0 Å². The molecule has 0 unspecified atom stereocenters. The molecule has 1 aliphatic heterocycles. The molecule has 1 aliphatic rings. The van der Waals surface area contributed by atoms with E-state index in [1.807, 2.05) is 12.1 Å². The van der Waals surface area contributed by atoms with E-state index in [1.165, 1.54) is 11.3 Å². The number of hydrogen-bond acceptors (Lipinski definition) is 2. The van der Waals surface area contributed by atoms with Crippen molar-refractivity contribution in [2.45, 2.75) is 13.7 Å². The quantitative estimate of drug-likeness (QED) is 0.539. The van der Waals surface area contributed by atoms with Crippen LogP contribution < -0.4 is 9.47 Å². The summed E-state index contributed by atoms with van der Waals surface area (Å²) in [6, 6.07) is 6.15. The maximum Gasteiger partial charge on any atom is 0.479 e. The molecule has 1 aromatic rings. The third-order valence-corrected chi connectivity index (χ3v) is 2.40. The second-order valence-corrected chi connectivity index (χ2v) is 3.25. The average Bonchev–Trinajstić information content (AvgIpc) is 2.29. The lowest BCUT2D eigenvalue weighted by molar-refractivity contribution is 0.596. The van der Waals surface area contributed by atoms with Crippen LogP contribution in [0.15, 0.2) is 18.2 Å². The molecule has 0 saturated carbocycles. The summed E-state index contributed by atoms with van der Waals surface area (Å²) < 4.78 is 5.63. The third kappa shape index (κ3) is 0.892. The highest BCUT2D eigenvalue weighted by Crippen LogP contribution is 2.36. The lowest BCUT2D eigenvalue weighted by Gasteiger charge is -2.13. The van der Waals surface area contributed by atoms with Crippen LogP contribution in [0.25, 0.3) is 0 Å². The van der Waals surface area contributed by atoms with Gasteiger partial charge in [0.1, 0.15) is 5.75 Å². The highest BCUT2D eigenvalue weighted by Gasteiger charge is 2.29. The zero-order valence-electron chi connectivity index (χ0n) is 7.66. The molecule has 0 N–H and O–H groups in total. The number of rotatable bonds is 0. The van der Waals surface area contributed by atoms with E-state index in [1.54, 1.807) is 0 Å². The maximum atomic E-state index is 5.63. The Hall–Kier alpha value is -1.12. The van der Waals surface area contributed by atoms with Gasteiger partial charge < -0.3 is 9.47 Å². The molecule has 0 amide bonds. The summed E-state index contributed by atoms with van der Waals surface area (Å²) in [5.74, 6) is 1.00. The van der Waals surface area contributed by atoms with Gasteiger partial charge in [-0.05, 0) is 32.4 Å². The minimum atomic E-state index is 0.168. The minimum absolute atomic E-state index is 0.168. The molecule has 2 nitrogen and oxygen atoms in total. The SMILES string of the molecule is CB1Oc2cccc(C)c2N1C. The Balaban J connectivity index is 2.55. The van der Waals surface area contributed by atoms with E-state index >= 15 is 0 Å². The van der Waals surface area contributed by atoms with Gasteiger partial charge in [-0.1, -0.05) is 12.1 Å². The van der Waals surface area contributed by atoms with Crippen molar-refractivity contribution in [2.75, 3.05) is 11.9 Å². The van der Waals surface area contributed by atoms with Gasteiger partial charge in [-0.2, -0.15) is 0 Å². The van der Waals surface area contributed by atoms with E-state index in [4.69, 9.17) is 4.65 Å². The van der Waals surface area contributed by atoms with Crippen LogP contribution in [0.5, 0.6) is 5.75 Å². The van der Waals surface area contributed by atoms with E-state index in [0.29, 0.717) is 0 Å². The van der Waals surface area contributed by atoms with E-state index in [0.717, 1.165) is 5.75 Å². The summed E-state index contributed by atoms with van der Waals surface area (Å²) in [4.78, 5) is 2.16. The number of hydrogen-bond donors (Lipinski definition) is 0. The maximum absolute atomic E-state index is 5.63. The third-order valence-electron chi connectivity index (χ3n) is 2.40. The Morgan fingerprint density at radius 1 is 1.42 bits per heavy atom. The molecule has 0 saturated heterocycles. The van der Waals surface area contributed by atoms with Crippen molar-refractivity contribution in [1.29, 1.82) is 0 Å². The second-order valence-electron chi connectivity index (χ2n) is 3.25. The molecular weight excluding hydrogens is 149 g/mol. The fraction of sp³-hybridized carbons (Fsp3) is 0.333. The topological polar surface area (TPSA) is 12.5 Å². The summed E-state index contributed by atoms with van der Waals surface area (Å²) in [6.07, 6.45) is 0. The molecule has 62 valence electrons. The van der Waals surface area contributed by atoms with Crippen molar-refractivity contribution in [3.8, 4) is 5.75 Å². The Morgan fingerprint density at radius 2 is 2.17 bits per heavy atom. The first kappa shape index (κ1) is 7.53. The standard InChI is InChI=1S/C9H12BNO/c1-7-5-4-6-8-9(7)11(3)10(2)12-8/h4-6H,1-3H3. The van der Waals surface area contributed by atoms with Crippen LogP contribution in [0.2, 0.25) is 6.82 Å². The van der Waals surface area contributed by atoms with Gasteiger partial charge in [-0.3, -0.25) is 0 Å². The summed E-state index contributed by atoms with van der Waals surface area (Å²) >= 11 is 0. The Morgan fingerprint density at radius 3 is 2.83 bits per heavy atom. The number of para-hydroxylation sites is 1. The Bertz CT molecular complexity index is 313. The fourth-order valence-electron chi connectivity index (χ4n) is 1.62. The van der Waals surface area contributed by atoms with Crippen molar-refractivity contribution in [1.82, 2.24) is 0 Å². The summed E-state index contributed by atoms with van der Waals surface area (Å²) in [5.41, 5.74) is 2.50. The molecule has 0 radical (unpaired) electrons. The van der Waals surface area contributed by atoms with Gasteiger partial charge in [0.25, 0.3) is 0 Å². The van der Waals surface area contributed by atoms with Crippen LogP contribution in [0.4, 0.5) is 5.69 Å². The van der Waals surface area contributed by atoms with Crippen LogP contribution in [-0.2, 0) is 0 Å². The van der Waals surface area contributed by atoms with Gasteiger partial charge in [0.05, 0.1) is 5.69 Å². The first-order valence-electron chi connectivity index (χ1n) is 4.19. The summed E-state index contributed by atoms with van der Waals surface area (Å²) in [7, 11) is 2.23. The van der Waals surface area contributed by atoms with Gasteiger partial charge in [0.2, 0.25) is 0 Å². The first-order chi connectivity index (χ1) is 5.70. The molecule has 0 aromatic heterocycles. The van der Waals surface area contributed by atoms with Gasteiger partial charge >= 0.3 is 7.05 Å². The molecule has 0 spiro atoms. The Labute approximate surface area is 73.3 Å². The molecular formula is C9H12BNO. The molecule has 1 heterocycles. The smallest absolute Gasteiger partial charge is 0.479 e.